The first-order chi connectivity index (χ1) is 9.04. The van der Waals surface area contributed by atoms with E-state index in [1.807, 2.05) is 31.2 Å². The summed E-state index contributed by atoms with van der Waals surface area (Å²) in [5.41, 5.74) is 1.42. The lowest BCUT2D eigenvalue weighted by molar-refractivity contribution is 0.203. The van der Waals surface area contributed by atoms with E-state index in [0.717, 1.165) is 10.5 Å². The molecule has 0 saturated carbocycles. The Morgan fingerprint density at radius 1 is 1.21 bits per heavy atom. The molecule has 1 atom stereocenters. The highest BCUT2D eigenvalue weighted by Crippen LogP contribution is 2.26. The minimum Gasteiger partial charge on any atom is -0.388 e. The molecule has 0 aliphatic heterocycles. The summed E-state index contributed by atoms with van der Waals surface area (Å²) in [4.78, 5) is 1.02. The number of halogens is 2. The van der Waals surface area contributed by atoms with Gasteiger partial charge in [-0.2, -0.15) is 0 Å². The van der Waals surface area contributed by atoms with Crippen LogP contribution < -0.4 is 0 Å². The SMILES string of the molecule is Cc1cc(F)cc(C(O)CSc2ccc(Cl)cc2)c1. The van der Waals surface area contributed by atoms with Crippen LogP contribution in [0, 0.1) is 12.7 Å². The van der Waals surface area contributed by atoms with Gasteiger partial charge >= 0.3 is 0 Å². The number of thioether (sulfide) groups is 1. The van der Waals surface area contributed by atoms with Crippen LogP contribution >= 0.6 is 23.4 Å². The Bertz CT molecular complexity index is 536. The van der Waals surface area contributed by atoms with Gasteiger partial charge in [0.2, 0.25) is 0 Å². The van der Waals surface area contributed by atoms with E-state index in [-0.39, 0.29) is 5.82 Å². The number of aliphatic hydroxyl groups is 1. The molecule has 0 fully saturated rings. The van der Waals surface area contributed by atoms with Crippen LogP contribution in [0.1, 0.15) is 17.2 Å². The fourth-order valence-corrected chi connectivity index (χ4v) is 2.76. The minimum atomic E-state index is -0.685. The van der Waals surface area contributed by atoms with Crippen molar-refractivity contribution in [3.05, 3.63) is 64.4 Å². The van der Waals surface area contributed by atoms with Crippen molar-refractivity contribution >= 4 is 23.4 Å². The van der Waals surface area contributed by atoms with Gasteiger partial charge in [-0.3, -0.25) is 0 Å². The second-order valence-electron chi connectivity index (χ2n) is 4.34. The molecule has 1 unspecified atom stereocenters. The first-order valence-corrected chi connectivity index (χ1v) is 7.24. The van der Waals surface area contributed by atoms with E-state index in [2.05, 4.69) is 0 Å². The molecule has 0 bridgehead atoms. The Labute approximate surface area is 121 Å². The predicted octanol–water partition coefficient (Wildman–Crippen LogP) is 4.61. The van der Waals surface area contributed by atoms with E-state index < -0.39 is 6.10 Å². The molecule has 2 aromatic carbocycles. The summed E-state index contributed by atoms with van der Waals surface area (Å²) in [5.74, 6) is 0.162. The first-order valence-electron chi connectivity index (χ1n) is 5.88. The molecule has 4 heteroatoms. The van der Waals surface area contributed by atoms with Gasteiger partial charge in [0, 0.05) is 15.7 Å². The largest absolute Gasteiger partial charge is 0.388 e. The average molecular weight is 297 g/mol. The second kappa shape index (κ2) is 6.42. The summed E-state index contributed by atoms with van der Waals surface area (Å²) >= 11 is 7.32. The van der Waals surface area contributed by atoms with Crippen LogP contribution in [0.5, 0.6) is 0 Å². The number of hydrogen-bond donors (Lipinski definition) is 1. The van der Waals surface area contributed by atoms with E-state index in [9.17, 15) is 9.50 Å². The number of aryl methyl sites for hydroxylation is 1. The van der Waals surface area contributed by atoms with Crippen LogP contribution in [0.3, 0.4) is 0 Å². The van der Waals surface area contributed by atoms with Crippen molar-refractivity contribution in [1.29, 1.82) is 0 Å². The number of aliphatic hydroxyl groups excluding tert-OH is 1. The molecule has 0 saturated heterocycles. The molecule has 2 rings (SSSR count). The minimum absolute atomic E-state index is 0.314. The molecule has 0 aliphatic carbocycles. The van der Waals surface area contributed by atoms with E-state index in [0.29, 0.717) is 16.3 Å². The fourth-order valence-electron chi connectivity index (χ4n) is 1.76. The average Bonchev–Trinajstić information content (AvgIpc) is 2.36. The molecule has 100 valence electrons. The van der Waals surface area contributed by atoms with Crippen molar-refractivity contribution in [3.8, 4) is 0 Å². The summed E-state index contributed by atoms with van der Waals surface area (Å²) < 4.78 is 13.3. The Balaban J connectivity index is 2.00. The van der Waals surface area contributed by atoms with Gasteiger partial charge < -0.3 is 5.11 Å². The third kappa shape index (κ3) is 4.23. The Hall–Kier alpha value is -1.03. The van der Waals surface area contributed by atoms with Gasteiger partial charge in [0.25, 0.3) is 0 Å². The lowest BCUT2D eigenvalue weighted by atomic mass is 10.1. The van der Waals surface area contributed by atoms with Crippen LogP contribution in [0.4, 0.5) is 4.39 Å². The first kappa shape index (κ1) is 14.4. The zero-order valence-electron chi connectivity index (χ0n) is 10.4. The summed E-state index contributed by atoms with van der Waals surface area (Å²) in [6, 6.07) is 12.0. The summed E-state index contributed by atoms with van der Waals surface area (Å²) in [7, 11) is 0. The molecule has 0 spiro atoms. The van der Waals surface area contributed by atoms with Gasteiger partial charge in [-0.1, -0.05) is 17.7 Å². The highest BCUT2D eigenvalue weighted by atomic mass is 35.5. The normalized spacial score (nSPS) is 12.4. The zero-order chi connectivity index (χ0) is 13.8. The van der Waals surface area contributed by atoms with Gasteiger partial charge in [-0.25, -0.2) is 4.39 Å². The van der Waals surface area contributed by atoms with Crippen molar-refractivity contribution in [2.75, 3.05) is 5.75 Å². The lowest BCUT2D eigenvalue weighted by Gasteiger charge is -2.11. The van der Waals surface area contributed by atoms with Gasteiger partial charge in [-0.15, -0.1) is 11.8 Å². The second-order valence-corrected chi connectivity index (χ2v) is 5.87. The molecule has 2 aromatic rings. The maximum Gasteiger partial charge on any atom is 0.123 e. The third-order valence-electron chi connectivity index (χ3n) is 2.67. The maximum atomic E-state index is 13.3. The van der Waals surface area contributed by atoms with Crippen LogP contribution in [-0.4, -0.2) is 10.9 Å². The predicted molar refractivity (Wildman–Crippen MR) is 78.3 cm³/mol. The number of hydrogen-bond acceptors (Lipinski definition) is 2. The smallest absolute Gasteiger partial charge is 0.123 e. The number of benzene rings is 2. The molecule has 0 amide bonds. The zero-order valence-corrected chi connectivity index (χ0v) is 12.0. The van der Waals surface area contributed by atoms with Crippen molar-refractivity contribution in [1.82, 2.24) is 0 Å². The Kier molecular flexibility index (Phi) is 4.86. The van der Waals surface area contributed by atoms with Crippen LogP contribution in [0.2, 0.25) is 5.02 Å². The van der Waals surface area contributed by atoms with E-state index in [1.54, 1.807) is 6.07 Å². The summed E-state index contributed by atoms with van der Waals surface area (Å²) in [5, 5.41) is 10.8. The van der Waals surface area contributed by atoms with Crippen molar-refractivity contribution in [3.63, 3.8) is 0 Å². The quantitative estimate of drug-likeness (QED) is 0.831. The van der Waals surface area contributed by atoms with Crippen LogP contribution in [0.25, 0.3) is 0 Å². The molecule has 19 heavy (non-hydrogen) atoms. The van der Waals surface area contributed by atoms with E-state index in [1.165, 1.54) is 23.9 Å². The maximum absolute atomic E-state index is 13.3. The van der Waals surface area contributed by atoms with Crippen molar-refractivity contribution < 1.29 is 9.50 Å². The molecular weight excluding hydrogens is 283 g/mol. The molecule has 1 nitrogen and oxygen atoms in total. The third-order valence-corrected chi connectivity index (χ3v) is 4.01. The fraction of sp³-hybridized carbons (Fsp3) is 0.200. The topological polar surface area (TPSA) is 20.2 Å². The molecule has 0 aromatic heterocycles. The Morgan fingerprint density at radius 2 is 1.89 bits per heavy atom. The van der Waals surface area contributed by atoms with Crippen molar-refractivity contribution in [2.45, 2.75) is 17.9 Å². The van der Waals surface area contributed by atoms with E-state index >= 15 is 0 Å². The van der Waals surface area contributed by atoms with Gasteiger partial charge in [0.15, 0.2) is 0 Å². The molecule has 0 aliphatic rings. The molecular formula is C15H14ClFOS. The Morgan fingerprint density at radius 3 is 2.53 bits per heavy atom. The molecule has 0 heterocycles. The summed E-state index contributed by atoms with van der Waals surface area (Å²) in [6.07, 6.45) is -0.685. The van der Waals surface area contributed by atoms with Crippen LogP contribution in [0.15, 0.2) is 47.4 Å². The summed E-state index contributed by atoms with van der Waals surface area (Å²) in [6.45, 7) is 1.81. The van der Waals surface area contributed by atoms with Gasteiger partial charge in [0.1, 0.15) is 5.82 Å². The standard InChI is InChI=1S/C15H14ClFOS/c1-10-6-11(8-13(17)7-10)15(18)9-19-14-4-2-12(16)3-5-14/h2-8,15,18H,9H2,1H3. The highest BCUT2D eigenvalue weighted by molar-refractivity contribution is 7.99. The van der Waals surface area contributed by atoms with E-state index in [4.69, 9.17) is 11.6 Å². The van der Waals surface area contributed by atoms with Gasteiger partial charge in [-0.05, 0) is 54.4 Å². The van der Waals surface area contributed by atoms with Gasteiger partial charge in [0.05, 0.1) is 6.10 Å². The van der Waals surface area contributed by atoms with Crippen LogP contribution in [-0.2, 0) is 0 Å². The highest BCUT2D eigenvalue weighted by Gasteiger charge is 2.10. The molecule has 1 N–H and O–H groups in total. The van der Waals surface area contributed by atoms with Crippen molar-refractivity contribution in [2.24, 2.45) is 0 Å². The lowest BCUT2D eigenvalue weighted by Crippen LogP contribution is -2.01. The molecule has 0 radical (unpaired) electrons. The monoisotopic (exact) mass is 296 g/mol. The number of rotatable bonds is 4.